The van der Waals surface area contributed by atoms with Crippen molar-refractivity contribution in [3.8, 4) is 0 Å². The van der Waals surface area contributed by atoms with Crippen LogP contribution in [0.1, 0.15) is 48.0 Å². The Balaban J connectivity index is 3.04. The summed E-state index contributed by atoms with van der Waals surface area (Å²) in [7, 11) is 0. The summed E-state index contributed by atoms with van der Waals surface area (Å²) in [5.74, 6) is -5.09. The molecule has 0 bridgehead atoms. The molecule has 0 aromatic rings. The number of carbonyl (C=O) groups is 2. The lowest BCUT2D eigenvalue weighted by Gasteiger charge is -2.45. The van der Waals surface area contributed by atoms with Crippen molar-refractivity contribution in [2.45, 2.75) is 65.5 Å². The highest BCUT2D eigenvalue weighted by Crippen LogP contribution is 2.38. The highest BCUT2D eigenvalue weighted by Gasteiger charge is 2.49. The lowest BCUT2D eigenvalue weighted by molar-refractivity contribution is -0.163. The minimum Gasteiger partial charge on any atom is -0.465 e. The molecule has 0 aromatic carbocycles. The summed E-state index contributed by atoms with van der Waals surface area (Å²) < 4.78 is 27.9. The van der Waals surface area contributed by atoms with Crippen LogP contribution in [0.5, 0.6) is 0 Å². The summed E-state index contributed by atoms with van der Waals surface area (Å²) in [5.41, 5.74) is -0.751. The normalized spacial score (nSPS) is 25.8. The first-order chi connectivity index (χ1) is 10.3. The van der Waals surface area contributed by atoms with Gasteiger partial charge in [0.1, 0.15) is 6.04 Å². The zero-order valence-electron chi connectivity index (χ0n) is 14.8. The molecule has 1 fully saturated rings. The zero-order chi connectivity index (χ0) is 18.2. The zero-order valence-corrected chi connectivity index (χ0v) is 14.8. The van der Waals surface area contributed by atoms with Gasteiger partial charge in [-0.25, -0.2) is 13.6 Å². The Hall–Kier alpha value is -1.40. The molecule has 3 atom stereocenters. The van der Waals surface area contributed by atoms with Crippen LogP contribution in [0.3, 0.4) is 0 Å². The molecule has 0 aromatic heterocycles. The minimum absolute atomic E-state index is 0.0513. The molecule has 0 saturated carbocycles. The summed E-state index contributed by atoms with van der Waals surface area (Å²) in [6.45, 7) is 9.63. The molecule has 7 heteroatoms. The van der Waals surface area contributed by atoms with Gasteiger partial charge < -0.3 is 10.0 Å². The Bertz CT molecular complexity index is 449. The van der Waals surface area contributed by atoms with E-state index < -0.39 is 35.4 Å². The van der Waals surface area contributed by atoms with Gasteiger partial charge in [0.15, 0.2) is 0 Å². The predicted octanol–water partition coefficient (Wildman–Crippen LogP) is 3.29. The number of carboxylic acid groups (broad SMARTS) is 1. The third-order valence-corrected chi connectivity index (χ3v) is 4.53. The fraction of sp³-hybridized carbons (Fsp3) is 0.875. The van der Waals surface area contributed by atoms with Gasteiger partial charge in [0.05, 0.1) is 0 Å². The maximum Gasteiger partial charge on any atom is 0.408 e. The number of carbonyl (C=O) groups excluding carboxylic acids is 1. The van der Waals surface area contributed by atoms with Crippen LogP contribution in [0, 0.1) is 11.8 Å². The van der Waals surface area contributed by atoms with Crippen molar-refractivity contribution in [1.29, 1.82) is 0 Å². The van der Waals surface area contributed by atoms with Crippen molar-refractivity contribution >= 4 is 12.0 Å². The number of alkyl halides is 2. The van der Waals surface area contributed by atoms with E-state index >= 15 is 0 Å². The van der Waals surface area contributed by atoms with Gasteiger partial charge in [-0.3, -0.25) is 9.69 Å². The van der Waals surface area contributed by atoms with Gasteiger partial charge in [0.25, 0.3) is 5.92 Å². The Morgan fingerprint density at radius 1 is 1.26 bits per heavy atom. The van der Waals surface area contributed by atoms with E-state index in [4.69, 9.17) is 0 Å². The maximum absolute atomic E-state index is 13.9. The molecule has 0 spiro atoms. The minimum atomic E-state index is -2.81. The van der Waals surface area contributed by atoms with E-state index in [1.165, 1.54) is 18.7 Å². The monoisotopic (exact) mass is 334 g/mol. The van der Waals surface area contributed by atoms with Gasteiger partial charge in [0, 0.05) is 30.5 Å². The Kier molecular flexibility index (Phi) is 5.65. The van der Waals surface area contributed by atoms with E-state index in [2.05, 4.69) is 0 Å². The van der Waals surface area contributed by atoms with Crippen molar-refractivity contribution in [2.75, 3.05) is 13.1 Å². The van der Waals surface area contributed by atoms with Crippen LogP contribution in [0.2, 0.25) is 0 Å². The average Bonchev–Trinajstić information content (AvgIpc) is 2.39. The van der Waals surface area contributed by atoms with Crippen LogP contribution in [-0.2, 0) is 4.79 Å². The highest BCUT2D eigenvalue weighted by molar-refractivity contribution is 5.85. The number of amides is 2. The summed E-state index contributed by atoms with van der Waals surface area (Å²) >= 11 is 0. The van der Waals surface area contributed by atoms with Gasteiger partial charge >= 0.3 is 6.09 Å². The number of nitrogens with zero attached hydrogens (tertiary/aromatic N) is 2. The quantitative estimate of drug-likeness (QED) is 0.861. The predicted molar refractivity (Wildman–Crippen MR) is 83.6 cm³/mol. The summed E-state index contributed by atoms with van der Waals surface area (Å²) in [6.07, 6.45) is -0.876. The lowest BCUT2D eigenvalue weighted by atomic mass is 9.86. The van der Waals surface area contributed by atoms with Crippen LogP contribution < -0.4 is 0 Å². The number of hydrogen-bond acceptors (Lipinski definition) is 2. The fourth-order valence-corrected chi connectivity index (χ4v) is 3.21. The summed E-state index contributed by atoms with van der Waals surface area (Å²) in [4.78, 5) is 26.9. The topological polar surface area (TPSA) is 60.9 Å². The van der Waals surface area contributed by atoms with Crippen LogP contribution in [-0.4, -0.2) is 57.5 Å². The summed E-state index contributed by atoms with van der Waals surface area (Å²) in [5, 5.41) is 9.48. The highest BCUT2D eigenvalue weighted by atomic mass is 19.3. The molecule has 0 aliphatic carbocycles. The second kappa shape index (κ2) is 6.61. The number of likely N-dealkylation sites (tertiary alicyclic amines) is 1. The molecule has 1 rings (SSSR count). The lowest BCUT2D eigenvalue weighted by Crippen LogP contribution is -2.61. The van der Waals surface area contributed by atoms with Crippen molar-refractivity contribution in [3.63, 3.8) is 0 Å². The molecule has 0 radical (unpaired) electrons. The first-order valence-electron chi connectivity index (χ1n) is 8.02. The molecule has 2 amide bonds. The number of rotatable bonds is 3. The molecule has 1 N–H and O–H groups in total. The van der Waals surface area contributed by atoms with Crippen molar-refractivity contribution in [1.82, 2.24) is 9.80 Å². The molecule has 1 saturated heterocycles. The molecule has 1 aliphatic rings. The third kappa shape index (κ3) is 3.93. The maximum atomic E-state index is 13.9. The number of hydrogen-bond donors (Lipinski definition) is 1. The first kappa shape index (κ1) is 19.6. The summed E-state index contributed by atoms with van der Waals surface area (Å²) in [6, 6.07) is -0.862. The molecule has 1 aliphatic heterocycles. The van der Waals surface area contributed by atoms with E-state index in [0.717, 1.165) is 4.90 Å². The smallest absolute Gasteiger partial charge is 0.408 e. The van der Waals surface area contributed by atoms with Gasteiger partial charge in [-0.15, -0.1) is 0 Å². The molecule has 134 valence electrons. The first-order valence-corrected chi connectivity index (χ1v) is 8.02. The van der Waals surface area contributed by atoms with E-state index in [-0.39, 0.29) is 19.0 Å². The van der Waals surface area contributed by atoms with Crippen LogP contribution in [0.15, 0.2) is 0 Å². The average molecular weight is 334 g/mol. The Morgan fingerprint density at radius 2 is 1.70 bits per heavy atom. The molecular formula is C16H28F2N2O3. The largest absolute Gasteiger partial charge is 0.465 e. The standard InChI is InChI=1S/C16H28F2N2O3/c1-7-12(20(14(22)23)15(4,5)6)13(21)19-8-10(2)16(17,18)11(3)9-19/h10-12H,7-9H2,1-6H3,(H,22,23). The number of halogens is 2. The van der Waals surface area contributed by atoms with Crippen molar-refractivity contribution < 1.29 is 23.5 Å². The van der Waals surface area contributed by atoms with Crippen molar-refractivity contribution in [2.24, 2.45) is 11.8 Å². The van der Waals surface area contributed by atoms with Gasteiger partial charge in [-0.2, -0.15) is 0 Å². The van der Waals surface area contributed by atoms with Crippen LogP contribution in [0.25, 0.3) is 0 Å². The van der Waals surface area contributed by atoms with E-state index in [1.54, 1.807) is 27.7 Å². The van der Waals surface area contributed by atoms with Gasteiger partial charge in [-0.1, -0.05) is 20.8 Å². The Morgan fingerprint density at radius 3 is 2.00 bits per heavy atom. The second-order valence-corrected chi connectivity index (χ2v) is 7.47. The fourth-order valence-electron chi connectivity index (χ4n) is 3.21. The van der Waals surface area contributed by atoms with E-state index in [1.807, 2.05) is 0 Å². The van der Waals surface area contributed by atoms with E-state index in [9.17, 15) is 23.5 Å². The van der Waals surface area contributed by atoms with E-state index in [0.29, 0.717) is 6.42 Å². The third-order valence-electron chi connectivity index (χ3n) is 4.53. The molecule has 5 nitrogen and oxygen atoms in total. The van der Waals surface area contributed by atoms with Crippen LogP contribution in [0.4, 0.5) is 13.6 Å². The molecule has 1 heterocycles. The second-order valence-electron chi connectivity index (χ2n) is 7.47. The van der Waals surface area contributed by atoms with Crippen LogP contribution >= 0.6 is 0 Å². The van der Waals surface area contributed by atoms with Gasteiger partial charge in [-0.05, 0) is 27.2 Å². The van der Waals surface area contributed by atoms with Gasteiger partial charge in [0.2, 0.25) is 5.91 Å². The Labute approximate surface area is 136 Å². The SMILES string of the molecule is CCC(C(=O)N1CC(C)C(F)(F)C(C)C1)N(C(=O)O)C(C)(C)C. The molecule has 23 heavy (non-hydrogen) atoms. The van der Waals surface area contributed by atoms with Crippen molar-refractivity contribution in [3.05, 3.63) is 0 Å². The number of piperidine rings is 1. The molecular weight excluding hydrogens is 306 g/mol. The molecule has 3 unspecified atom stereocenters.